The van der Waals surface area contributed by atoms with Gasteiger partial charge in [0.1, 0.15) is 5.69 Å². The van der Waals surface area contributed by atoms with Crippen molar-refractivity contribution in [3.8, 4) is 0 Å². The van der Waals surface area contributed by atoms with Crippen LogP contribution in [0.3, 0.4) is 0 Å². The summed E-state index contributed by atoms with van der Waals surface area (Å²) in [6.45, 7) is 0. The highest BCUT2D eigenvalue weighted by Gasteiger charge is 2.51. The normalized spacial score (nSPS) is 17.1. The Kier molecular flexibility index (Phi) is 2.10. The first kappa shape index (κ1) is 9.65. The first-order valence-corrected chi connectivity index (χ1v) is 5.52. The Morgan fingerprint density at radius 1 is 1.50 bits per heavy atom. The Bertz CT molecular complexity index is 370. The fourth-order valence-corrected chi connectivity index (χ4v) is 1.70. The summed E-state index contributed by atoms with van der Waals surface area (Å²) in [6.07, 6.45) is 2.03. The van der Waals surface area contributed by atoms with Crippen molar-refractivity contribution in [1.82, 2.24) is 9.78 Å². The third-order valence-corrected chi connectivity index (χ3v) is 2.76. The molecular weight excluding hydrogens is 216 g/mol. The average Bonchev–Trinajstić information content (AvgIpc) is 2.82. The second-order valence-corrected chi connectivity index (χ2v) is 4.51. The smallest absolute Gasteiger partial charge is 0.296 e. The van der Waals surface area contributed by atoms with E-state index in [-0.39, 0.29) is 11.7 Å². The molecule has 2 rings (SSSR count). The molecule has 0 spiro atoms. The zero-order chi connectivity index (χ0) is 10.3. The Hall–Kier alpha value is -0.900. The van der Waals surface area contributed by atoms with Gasteiger partial charge in [0.25, 0.3) is 0 Å². The van der Waals surface area contributed by atoms with Crippen LogP contribution >= 0.6 is 8.19 Å². The molecular formula is C7H7F3N2OP+. The lowest BCUT2D eigenvalue weighted by Gasteiger charge is -1.96. The van der Waals surface area contributed by atoms with Crippen molar-refractivity contribution in [2.45, 2.75) is 18.9 Å². The van der Waals surface area contributed by atoms with Gasteiger partial charge in [-0.25, -0.2) is 0 Å². The third-order valence-electron chi connectivity index (χ3n) is 2.02. The largest absolute Gasteiger partial charge is 0.621 e. The van der Waals surface area contributed by atoms with Crippen LogP contribution in [-0.4, -0.2) is 16.1 Å². The molecule has 0 amide bonds. The number of aromatic nitrogens is 2. The van der Waals surface area contributed by atoms with E-state index in [1.165, 1.54) is 4.68 Å². The van der Waals surface area contributed by atoms with Crippen LogP contribution in [0.15, 0.2) is 6.07 Å². The summed E-state index contributed by atoms with van der Waals surface area (Å²) in [7, 11) is -5.59. The van der Waals surface area contributed by atoms with E-state index in [4.69, 9.17) is 0 Å². The van der Waals surface area contributed by atoms with Gasteiger partial charge < -0.3 is 0 Å². The molecule has 3 nitrogen and oxygen atoms in total. The van der Waals surface area contributed by atoms with Crippen LogP contribution in [0.5, 0.6) is 0 Å². The maximum atomic E-state index is 12.3. The molecule has 1 aromatic rings. The number of rotatable bonds is 3. The lowest BCUT2D eigenvalue weighted by Crippen LogP contribution is -2.06. The van der Waals surface area contributed by atoms with Crippen molar-refractivity contribution in [1.29, 1.82) is 0 Å². The summed E-state index contributed by atoms with van der Waals surface area (Å²) in [5.74, 6) is 0. The molecule has 0 aromatic carbocycles. The van der Waals surface area contributed by atoms with Crippen molar-refractivity contribution < 1.29 is 17.4 Å². The number of hydrogen-bond acceptors (Lipinski definition) is 2. The fourth-order valence-electron chi connectivity index (χ4n) is 1.22. The van der Waals surface area contributed by atoms with Gasteiger partial charge >= 0.3 is 13.6 Å². The van der Waals surface area contributed by atoms with Crippen molar-refractivity contribution >= 4 is 19.9 Å². The molecule has 14 heavy (non-hydrogen) atoms. The van der Waals surface area contributed by atoms with Gasteiger partial charge in [-0.05, 0) is 12.8 Å². The van der Waals surface area contributed by atoms with E-state index in [1.807, 2.05) is 0 Å². The van der Waals surface area contributed by atoms with Crippen molar-refractivity contribution in [3.05, 3.63) is 11.8 Å². The van der Waals surface area contributed by atoms with Crippen LogP contribution in [0.25, 0.3) is 0 Å². The molecule has 0 saturated heterocycles. The minimum absolute atomic E-state index is 0.00417. The van der Waals surface area contributed by atoms with Gasteiger partial charge in [-0.15, -0.1) is 5.10 Å². The minimum atomic E-state index is -5.59. The van der Waals surface area contributed by atoms with Crippen LogP contribution in [0.2, 0.25) is 0 Å². The molecule has 1 aliphatic rings. The Balaban J connectivity index is 2.40. The SMILES string of the molecule is O=Cc1cc([P+](F)(F)F)nn1C1CC1. The van der Waals surface area contributed by atoms with Gasteiger partial charge in [-0.2, -0.15) is 0 Å². The van der Waals surface area contributed by atoms with E-state index in [2.05, 4.69) is 5.10 Å². The maximum absolute atomic E-state index is 12.3. The summed E-state index contributed by atoms with van der Waals surface area (Å²) in [5.41, 5.74) is -0.855. The topological polar surface area (TPSA) is 34.9 Å². The second-order valence-electron chi connectivity index (χ2n) is 3.17. The molecule has 1 saturated carbocycles. The summed E-state index contributed by atoms with van der Waals surface area (Å²) in [6, 6.07) is 0.828. The molecule has 0 bridgehead atoms. The lowest BCUT2D eigenvalue weighted by atomic mass is 10.4. The van der Waals surface area contributed by atoms with Crippen LogP contribution in [-0.2, 0) is 0 Å². The number of halogens is 3. The zero-order valence-electron chi connectivity index (χ0n) is 7.03. The lowest BCUT2D eigenvalue weighted by molar-refractivity contribution is 0.111. The van der Waals surface area contributed by atoms with Crippen LogP contribution < -0.4 is 5.44 Å². The molecule has 0 atom stereocenters. The Labute approximate surface area is 78.6 Å². The van der Waals surface area contributed by atoms with Gasteiger partial charge in [-0.1, -0.05) is 0 Å². The van der Waals surface area contributed by atoms with Crippen LogP contribution in [0, 0.1) is 0 Å². The number of aldehydes is 1. The van der Waals surface area contributed by atoms with E-state index < -0.39 is 13.6 Å². The Morgan fingerprint density at radius 2 is 2.14 bits per heavy atom. The molecule has 0 radical (unpaired) electrons. The average molecular weight is 223 g/mol. The quantitative estimate of drug-likeness (QED) is 0.582. The first-order valence-electron chi connectivity index (χ1n) is 4.05. The monoisotopic (exact) mass is 223 g/mol. The fraction of sp³-hybridized carbons (Fsp3) is 0.429. The highest BCUT2D eigenvalue weighted by molar-refractivity contribution is 7.68. The minimum Gasteiger partial charge on any atom is -0.296 e. The molecule has 0 aliphatic heterocycles. The van der Waals surface area contributed by atoms with E-state index >= 15 is 0 Å². The Morgan fingerprint density at radius 3 is 2.57 bits per heavy atom. The molecule has 1 heterocycles. The van der Waals surface area contributed by atoms with E-state index in [0.717, 1.165) is 18.9 Å². The van der Waals surface area contributed by atoms with E-state index in [0.29, 0.717) is 6.29 Å². The van der Waals surface area contributed by atoms with Gasteiger partial charge in [0, 0.05) is 18.7 Å². The van der Waals surface area contributed by atoms with Gasteiger partial charge in [0.2, 0.25) is 0 Å². The number of nitrogens with zero attached hydrogens (tertiary/aromatic N) is 2. The zero-order valence-corrected chi connectivity index (χ0v) is 7.92. The first-order chi connectivity index (χ1) is 6.52. The predicted octanol–water partition coefficient (Wildman–Crippen LogP) is 2.33. The second kappa shape index (κ2) is 3.05. The van der Waals surface area contributed by atoms with Gasteiger partial charge in [0.15, 0.2) is 6.29 Å². The van der Waals surface area contributed by atoms with Crippen molar-refractivity contribution in [3.63, 3.8) is 0 Å². The van der Waals surface area contributed by atoms with Crippen molar-refractivity contribution in [2.75, 3.05) is 0 Å². The standard InChI is InChI=1S/C7H7F3N2OP/c8-14(9,10)7-3-6(4-13)12(11-7)5-1-2-5/h3-5H,1-2H2/q+1. The summed E-state index contributed by atoms with van der Waals surface area (Å²) >= 11 is 0. The molecule has 1 aromatic heterocycles. The molecule has 0 unspecified atom stereocenters. The number of carbonyl (C=O) groups excluding carboxylic acids is 1. The molecule has 7 heteroatoms. The molecule has 0 N–H and O–H groups in total. The number of hydrogen-bond donors (Lipinski definition) is 0. The van der Waals surface area contributed by atoms with Crippen LogP contribution in [0.4, 0.5) is 12.6 Å². The summed E-state index contributed by atoms with van der Waals surface area (Å²) in [5, 5.41) is 3.42. The molecule has 1 aliphatic carbocycles. The maximum Gasteiger partial charge on any atom is 0.621 e. The third kappa shape index (κ3) is 1.66. The van der Waals surface area contributed by atoms with Gasteiger partial charge in [-0.3, -0.25) is 9.48 Å². The van der Waals surface area contributed by atoms with E-state index in [9.17, 15) is 17.4 Å². The number of carbonyl (C=O) groups is 1. The highest BCUT2D eigenvalue weighted by Crippen LogP contribution is 2.62. The van der Waals surface area contributed by atoms with Crippen LogP contribution in [0.1, 0.15) is 29.4 Å². The van der Waals surface area contributed by atoms with E-state index in [1.54, 1.807) is 0 Å². The highest BCUT2D eigenvalue weighted by atomic mass is 31.3. The van der Waals surface area contributed by atoms with Crippen molar-refractivity contribution in [2.24, 2.45) is 0 Å². The predicted molar refractivity (Wildman–Crippen MR) is 45.8 cm³/mol. The van der Waals surface area contributed by atoms with Gasteiger partial charge in [0.05, 0.1) is 6.04 Å². The summed E-state index contributed by atoms with van der Waals surface area (Å²) < 4.78 is 38.2. The molecule has 1 fully saturated rings. The molecule has 76 valence electrons. The summed E-state index contributed by atoms with van der Waals surface area (Å²) in [4.78, 5) is 10.5.